The quantitative estimate of drug-likeness (QED) is 0.909. The molecule has 0 aromatic heterocycles. The van der Waals surface area contributed by atoms with Crippen LogP contribution in [0.25, 0.3) is 0 Å². The number of halogens is 4. The van der Waals surface area contributed by atoms with E-state index in [-0.39, 0.29) is 36.4 Å². The second kappa shape index (κ2) is 8.17. The molecule has 0 spiro atoms. The summed E-state index contributed by atoms with van der Waals surface area (Å²) in [5.74, 6) is -0.636. The van der Waals surface area contributed by atoms with Crippen molar-refractivity contribution in [3.63, 3.8) is 0 Å². The summed E-state index contributed by atoms with van der Waals surface area (Å²) in [6, 6.07) is 10.8. The lowest BCUT2D eigenvalue weighted by Gasteiger charge is -2.20. The molecule has 2 aromatic carbocycles. The number of hydrogen-bond donors (Lipinski definition) is 2. The minimum absolute atomic E-state index is 0. The van der Waals surface area contributed by atoms with Crippen LogP contribution in [-0.4, -0.2) is 0 Å². The van der Waals surface area contributed by atoms with Crippen molar-refractivity contribution >= 4 is 24.8 Å². The average molecular weight is 321 g/mol. The molecule has 0 aliphatic rings. The molecule has 110 valence electrons. The highest BCUT2D eigenvalue weighted by Gasteiger charge is 2.17. The Morgan fingerprint density at radius 1 is 0.600 bits per heavy atom. The third-order valence-corrected chi connectivity index (χ3v) is 2.90. The Morgan fingerprint density at radius 3 is 1.10 bits per heavy atom. The van der Waals surface area contributed by atoms with Crippen molar-refractivity contribution in [1.29, 1.82) is 0 Å². The number of benzene rings is 2. The average Bonchev–Trinajstić information content (AvgIpc) is 2.39. The summed E-state index contributed by atoms with van der Waals surface area (Å²) >= 11 is 0. The third-order valence-electron chi connectivity index (χ3n) is 2.90. The summed E-state index contributed by atoms with van der Waals surface area (Å²) in [7, 11) is 0. The van der Waals surface area contributed by atoms with E-state index >= 15 is 0 Å². The molecule has 6 heteroatoms. The van der Waals surface area contributed by atoms with Crippen molar-refractivity contribution in [1.82, 2.24) is 0 Å². The largest absolute Gasteiger partial charge is 0.322 e. The molecule has 0 aliphatic heterocycles. The summed E-state index contributed by atoms with van der Waals surface area (Å²) in [6.07, 6.45) is 0. The van der Waals surface area contributed by atoms with Gasteiger partial charge >= 0.3 is 0 Å². The second-order valence-corrected chi connectivity index (χ2v) is 4.15. The number of hydrogen-bond acceptors (Lipinski definition) is 2. The van der Waals surface area contributed by atoms with Crippen LogP contribution in [0.2, 0.25) is 0 Å². The maximum atomic E-state index is 12.8. The Hall–Kier alpha value is -1.20. The van der Waals surface area contributed by atoms with Gasteiger partial charge in [-0.2, -0.15) is 0 Å². The van der Waals surface area contributed by atoms with Gasteiger partial charge in [0.05, 0.1) is 0 Å². The van der Waals surface area contributed by atoms with Crippen LogP contribution in [0.4, 0.5) is 8.78 Å². The van der Waals surface area contributed by atoms with Gasteiger partial charge in [0.1, 0.15) is 11.6 Å². The first-order valence-electron chi connectivity index (χ1n) is 5.60. The Labute approximate surface area is 129 Å². The molecule has 0 aliphatic carbocycles. The van der Waals surface area contributed by atoms with E-state index in [4.69, 9.17) is 11.5 Å². The first-order valence-corrected chi connectivity index (χ1v) is 5.60. The molecular weight excluding hydrogens is 305 g/mol. The normalized spacial score (nSPS) is 12.8. The predicted molar refractivity (Wildman–Crippen MR) is 81.2 cm³/mol. The van der Waals surface area contributed by atoms with Crippen molar-refractivity contribution in [2.75, 3.05) is 0 Å². The molecule has 0 saturated carbocycles. The molecule has 2 rings (SSSR count). The van der Waals surface area contributed by atoms with Crippen LogP contribution in [0.15, 0.2) is 48.5 Å². The van der Waals surface area contributed by atoms with Gasteiger partial charge in [-0.3, -0.25) is 0 Å². The molecule has 0 saturated heterocycles. The smallest absolute Gasteiger partial charge is 0.123 e. The van der Waals surface area contributed by atoms with Crippen LogP contribution in [0.1, 0.15) is 23.2 Å². The van der Waals surface area contributed by atoms with E-state index in [1.165, 1.54) is 24.3 Å². The lowest BCUT2D eigenvalue weighted by molar-refractivity contribution is 0.567. The first kappa shape index (κ1) is 18.8. The highest BCUT2D eigenvalue weighted by atomic mass is 35.5. The van der Waals surface area contributed by atoms with Gasteiger partial charge in [-0.15, -0.1) is 24.8 Å². The van der Waals surface area contributed by atoms with Crippen molar-refractivity contribution in [3.05, 3.63) is 71.3 Å². The predicted octanol–water partition coefficient (Wildman–Crippen LogP) is 3.51. The van der Waals surface area contributed by atoms with Crippen molar-refractivity contribution < 1.29 is 8.78 Å². The van der Waals surface area contributed by atoms with Crippen molar-refractivity contribution in [2.24, 2.45) is 11.5 Å². The van der Waals surface area contributed by atoms with Gasteiger partial charge in [0.15, 0.2) is 0 Å². The van der Waals surface area contributed by atoms with Crippen molar-refractivity contribution in [3.8, 4) is 0 Å². The summed E-state index contributed by atoms with van der Waals surface area (Å²) in [5.41, 5.74) is 13.5. The Bertz CT molecular complexity index is 468. The molecule has 0 unspecified atom stereocenters. The van der Waals surface area contributed by atoms with E-state index in [2.05, 4.69) is 0 Å². The summed E-state index contributed by atoms with van der Waals surface area (Å²) < 4.78 is 25.6. The van der Waals surface area contributed by atoms with Gasteiger partial charge in [0.25, 0.3) is 0 Å². The van der Waals surface area contributed by atoms with Crippen LogP contribution in [0.5, 0.6) is 0 Å². The first-order chi connectivity index (χ1) is 8.58. The zero-order chi connectivity index (χ0) is 13.1. The van der Waals surface area contributed by atoms with E-state index < -0.39 is 12.1 Å². The number of rotatable bonds is 3. The maximum absolute atomic E-state index is 12.8. The van der Waals surface area contributed by atoms with Gasteiger partial charge in [-0.25, -0.2) is 8.78 Å². The molecule has 20 heavy (non-hydrogen) atoms. The maximum Gasteiger partial charge on any atom is 0.123 e. The zero-order valence-corrected chi connectivity index (χ0v) is 12.1. The Balaban J connectivity index is 0.00000180. The second-order valence-electron chi connectivity index (χ2n) is 4.15. The van der Waals surface area contributed by atoms with Crippen LogP contribution in [0, 0.1) is 11.6 Å². The van der Waals surface area contributed by atoms with Gasteiger partial charge in [-0.05, 0) is 35.4 Å². The fourth-order valence-electron chi connectivity index (χ4n) is 1.78. The van der Waals surface area contributed by atoms with Crippen molar-refractivity contribution in [2.45, 2.75) is 12.1 Å². The van der Waals surface area contributed by atoms with E-state index in [0.717, 1.165) is 11.1 Å². The highest BCUT2D eigenvalue weighted by molar-refractivity contribution is 5.85. The molecule has 2 aromatic rings. The van der Waals surface area contributed by atoms with Crippen LogP contribution in [0.3, 0.4) is 0 Å². The molecule has 0 fully saturated rings. The summed E-state index contributed by atoms with van der Waals surface area (Å²) in [6.45, 7) is 0. The zero-order valence-electron chi connectivity index (χ0n) is 10.5. The minimum Gasteiger partial charge on any atom is -0.322 e. The molecule has 2 atom stereocenters. The van der Waals surface area contributed by atoms with E-state index in [0.29, 0.717) is 0 Å². The number of nitrogens with two attached hydrogens (primary N) is 2. The van der Waals surface area contributed by atoms with Gasteiger partial charge in [-0.1, -0.05) is 24.3 Å². The van der Waals surface area contributed by atoms with Crippen LogP contribution >= 0.6 is 24.8 Å². The minimum atomic E-state index is -0.462. The molecule has 0 heterocycles. The highest BCUT2D eigenvalue weighted by Crippen LogP contribution is 2.24. The van der Waals surface area contributed by atoms with E-state index in [1.54, 1.807) is 24.3 Å². The monoisotopic (exact) mass is 320 g/mol. The van der Waals surface area contributed by atoms with Crippen LogP contribution < -0.4 is 11.5 Å². The Morgan fingerprint density at radius 2 is 0.850 bits per heavy atom. The van der Waals surface area contributed by atoms with Crippen LogP contribution in [-0.2, 0) is 0 Å². The topological polar surface area (TPSA) is 52.0 Å². The fourth-order valence-corrected chi connectivity index (χ4v) is 1.78. The van der Waals surface area contributed by atoms with Gasteiger partial charge in [0.2, 0.25) is 0 Å². The lowest BCUT2D eigenvalue weighted by atomic mass is 9.95. The van der Waals surface area contributed by atoms with Gasteiger partial charge < -0.3 is 11.5 Å². The van der Waals surface area contributed by atoms with Gasteiger partial charge in [0, 0.05) is 12.1 Å². The molecule has 0 radical (unpaired) electrons. The lowest BCUT2D eigenvalue weighted by Crippen LogP contribution is -2.26. The molecular formula is C14H16Cl2F2N2. The molecule has 2 nitrogen and oxygen atoms in total. The summed E-state index contributed by atoms with van der Waals surface area (Å²) in [4.78, 5) is 0. The fraction of sp³-hybridized carbons (Fsp3) is 0.143. The SMILES string of the molecule is Cl.Cl.N[C@@H](c1ccc(F)cc1)[C@@H](N)c1ccc(F)cc1. The Kier molecular flexibility index (Phi) is 7.68. The molecule has 4 N–H and O–H groups in total. The molecule has 0 amide bonds. The standard InChI is InChI=1S/C14H14F2N2.2ClH/c15-11-5-1-9(2-6-11)13(17)14(18)10-3-7-12(16)8-4-10;;/h1-8,13-14H,17-18H2;2*1H/t13-,14-;;/m0../s1. The van der Waals surface area contributed by atoms with E-state index in [9.17, 15) is 8.78 Å². The third kappa shape index (κ3) is 4.42. The molecule has 0 bridgehead atoms. The summed E-state index contributed by atoms with van der Waals surface area (Å²) in [5, 5.41) is 0. The van der Waals surface area contributed by atoms with E-state index in [1.807, 2.05) is 0 Å².